The summed E-state index contributed by atoms with van der Waals surface area (Å²) in [6.45, 7) is 3.53. The number of halogens is 4. The van der Waals surface area contributed by atoms with Crippen molar-refractivity contribution in [1.82, 2.24) is 0 Å². The number of alkyl halides is 3. The summed E-state index contributed by atoms with van der Waals surface area (Å²) in [5, 5.41) is 0. The Bertz CT molecular complexity index is 531. The fraction of sp³-hybridized carbons (Fsp3) is 0.385. The lowest BCUT2D eigenvalue weighted by Crippen LogP contribution is -2.04. The van der Waals surface area contributed by atoms with Gasteiger partial charge < -0.3 is 9.05 Å². The molecule has 0 saturated carbocycles. The highest BCUT2D eigenvalue weighted by Crippen LogP contribution is 2.58. The number of benzene rings is 1. The van der Waals surface area contributed by atoms with Gasteiger partial charge in [0.25, 0.3) is 0 Å². The predicted octanol–water partition coefficient (Wildman–Crippen LogP) is 5.51. The van der Waals surface area contributed by atoms with Crippen LogP contribution in [0, 0.1) is 0 Å². The first-order valence-electron chi connectivity index (χ1n) is 6.17. The Morgan fingerprint density at radius 2 is 1.67 bits per heavy atom. The number of hydrogen-bond acceptors (Lipinski definition) is 3. The van der Waals surface area contributed by atoms with Gasteiger partial charge in [-0.25, -0.2) is 0 Å². The van der Waals surface area contributed by atoms with E-state index in [4.69, 9.17) is 20.6 Å². The minimum Gasteiger partial charge on any atom is -0.305 e. The Kier molecular flexibility index (Phi) is 6.47. The summed E-state index contributed by atoms with van der Waals surface area (Å²) in [5.41, 5.74) is -0.402. The minimum absolute atomic E-state index is 0.133. The van der Waals surface area contributed by atoms with Crippen LogP contribution in [-0.4, -0.2) is 13.2 Å². The smallest absolute Gasteiger partial charge is 0.305 e. The number of rotatable bonds is 6. The van der Waals surface area contributed by atoms with E-state index in [1.807, 2.05) is 0 Å². The molecule has 1 rings (SSSR count). The van der Waals surface area contributed by atoms with Crippen molar-refractivity contribution in [3.05, 3.63) is 40.2 Å². The molecular formula is C13H15ClF3O3P. The zero-order valence-electron chi connectivity index (χ0n) is 11.5. The molecule has 1 aromatic carbocycles. The van der Waals surface area contributed by atoms with Crippen LogP contribution in [0.2, 0.25) is 0 Å². The SMILES string of the molecule is CCOP(=O)(OCC)/C(Cl)=C/c1ccc(C(F)(F)F)cc1. The molecule has 0 aliphatic carbocycles. The van der Waals surface area contributed by atoms with E-state index in [-0.39, 0.29) is 18.0 Å². The highest BCUT2D eigenvalue weighted by atomic mass is 35.5. The summed E-state index contributed by atoms with van der Waals surface area (Å²) in [4.78, 5) is 0. The van der Waals surface area contributed by atoms with E-state index in [1.165, 1.54) is 18.2 Å². The Hall–Kier alpha value is -0.810. The van der Waals surface area contributed by atoms with E-state index in [2.05, 4.69) is 0 Å². The molecule has 0 saturated heterocycles. The van der Waals surface area contributed by atoms with Crippen LogP contribution < -0.4 is 0 Å². The van der Waals surface area contributed by atoms with Gasteiger partial charge in [0.15, 0.2) is 0 Å². The molecule has 0 unspecified atom stereocenters. The maximum absolute atomic E-state index is 12.4. The molecule has 0 amide bonds. The van der Waals surface area contributed by atoms with Crippen molar-refractivity contribution in [3.8, 4) is 0 Å². The lowest BCUT2D eigenvalue weighted by molar-refractivity contribution is -0.137. The second-order valence-corrected chi connectivity index (χ2v) is 6.58. The third-order valence-electron chi connectivity index (χ3n) is 2.38. The number of hydrogen-bond donors (Lipinski definition) is 0. The van der Waals surface area contributed by atoms with Gasteiger partial charge >= 0.3 is 13.8 Å². The second kappa shape index (κ2) is 7.45. The molecule has 0 aromatic heterocycles. The van der Waals surface area contributed by atoms with Gasteiger partial charge in [-0.15, -0.1) is 0 Å². The first kappa shape index (κ1) is 18.2. The van der Waals surface area contributed by atoms with Gasteiger partial charge in [-0.1, -0.05) is 23.7 Å². The molecule has 0 N–H and O–H groups in total. The van der Waals surface area contributed by atoms with Crippen molar-refractivity contribution in [3.63, 3.8) is 0 Å². The van der Waals surface area contributed by atoms with Gasteiger partial charge in [-0.3, -0.25) is 4.57 Å². The van der Waals surface area contributed by atoms with E-state index in [0.29, 0.717) is 5.56 Å². The van der Waals surface area contributed by atoms with Crippen LogP contribution in [0.1, 0.15) is 25.0 Å². The molecule has 0 fully saturated rings. The lowest BCUT2D eigenvalue weighted by atomic mass is 10.1. The van der Waals surface area contributed by atoms with Crippen LogP contribution in [-0.2, 0) is 19.8 Å². The largest absolute Gasteiger partial charge is 0.416 e. The van der Waals surface area contributed by atoms with Crippen LogP contribution in [0.25, 0.3) is 6.08 Å². The molecule has 1 aromatic rings. The molecule has 3 nitrogen and oxygen atoms in total. The molecule has 0 bridgehead atoms. The van der Waals surface area contributed by atoms with E-state index in [9.17, 15) is 17.7 Å². The predicted molar refractivity (Wildman–Crippen MR) is 76.1 cm³/mol. The summed E-state index contributed by atoms with van der Waals surface area (Å²) in [6, 6.07) is 4.30. The van der Waals surface area contributed by atoms with Crippen LogP contribution >= 0.6 is 19.2 Å². The third-order valence-corrected chi connectivity index (χ3v) is 4.96. The zero-order valence-corrected chi connectivity index (χ0v) is 13.1. The highest BCUT2D eigenvalue weighted by Gasteiger charge is 2.30. The molecule has 118 valence electrons. The van der Waals surface area contributed by atoms with Gasteiger partial charge in [0.2, 0.25) is 0 Å². The van der Waals surface area contributed by atoms with Crippen molar-refractivity contribution in [1.29, 1.82) is 0 Å². The van der Waals surface area contributed by atoms with Crippen LogP contribution in [0.4, 0.5) is 13.2 Å². The van der Waals surface area contributed by atoms with E-state index in [0.717, 1.165) is 12.1 Å². The highest BCUT2D eigenvalue weighted by molar-refractivity contribution is 7.61. The Labute approximate surface area is 126 Å². The molecule has 8 heteroatoms. The van der Waals surface area contributed by atoms with Gasteiger partial charge in [0, 0.05) is 0 Å². The molecule has 21 heavy (non-hydrogen) atoms. The van der Waals surface area contributed by atoms with Crippen molar-refractivity contribution >= 4 is 25.3 Å². The van der Waals surface area contributed by atoms with Crippen molar-refractivity contribution < 1.29 is 26.8 Å². The summed E-state index contributed by atoms with van der Waals surface area (Å²) >= 11 is 5.94. The van der Waals surface area contributed by atoms with E-state index in [1.54, 1.807) is 13.8 Å². The Balaban J connectivity index is 3.03. The quantitative estimate of drug-likeness (QED) is 0.639. The fourth-order valence-electron chi connectivity index (χ4n) is 1.49. The lowest BCUT2D eigenvalue weighted by Gasteiger charge is -2.16. The van der Waals surface area contributed by atoms with Gasteiger partial charge in [0.1, 0.15) is 4.77 Å². The topological polar surface area (TPSA) is 35.5 Å². The maximum atomic E-state index is 12.4. The maximum Gasteiger partial charge on any atom is 0.416 e. The molecule has 0 radical (unpaired) electrons. The van der Waals surface area contributed by atoms with Gasteiger partial charge in [-0.2, -0.15) is 13.2 Å². The molecule has 0 heterocycles. The Morgan fingerprint density at radius 1 is 1.19 bits per heavy atom. The normalized spacial score (nSPS) is 13.5. The van der Waals surface area contributed by atoms with Gasteiger partial charge in [0.05, 0.1) is 18.8 Å². The summed E-state index contributed by atoms with van der Waals surface area (Å²) in [6.07, 6.45) is -3.13. The molecule has 0 spiro atoms. The summed E-state index contributed by atoms with van der Waals surface area (Å²) in [5.74, 6) is 0. The van der Waals surface area contributed by atoms with Crippen LogP contribution in [0.3, 0.4) is 0 Å². The van der Waals surface area contributed by atoms with Crippen LogP contribution in [0.15, 0.2) is 29.0 Å². The molecule has 0 aliphatic rings. The van der Waals surface area contributed by atoms with E-state index < -0.39 is 19.3 Å². The summed E-state index contributed by atoms with van der Waals surface area (Å²) < 4.78 is 59.6. The van der Waals surface area contributed by atoms with E-state index >= 15 is 0 Å². The average molecular weight is 343 g/mol. The van der Waals surface area contributed by atoms with Crippen molar-refractivity contribution in [2.24, 2.45) is 0 Å². The summed E-state index contributed by atoms with van der Waals surface area (Å²) in [7, 11) is -3.62. The fourth-order valence-corrected chi connectivity index (χ4v) is 3.21. The molecular weight excluding hydrogens is 328 g/mol. The monoisotopic (exact) mass is 342 g/mol. The first-order valence-corrected chi connectivity index (χ1v) is 8.09. The van der Waals surface area contributed by atoms with Gasteiger partial charge in [-0.05, 0) is 37.6 Å². The minimum atomic E-state index is -4.40. The first-order chi connectivity index (χ1) is 9.73. The van der Waals surface area contributed by atoms with Crippen molar-refractivity contribution in [2.45, 2.75) is 20.0 Å². The average Bonchev–Trinajstić information content (AvgIpc) is 2.38. The van der Waals surface area contributed by atoms with Crippen LogP contribution in [0.5, 0.6) is 0 Å². The standard InChI is InChI=1S/C13H15ClF3O3P/c1-3-19-21(18,20-4-2)12(14)9-10-5-7-11(8-6-10)13(15,16)17/h5-9H,3-4H2,1-2H3/b12-9+. The molecule has 0 atom stereocenters. The third kappa shape index (κ3) is 5.15. The van der Waals surface area contributed by atoms with Crippen molar-refractivity contribution in [2.75, 3.05) is 13.2 Å². The second-order valence-electron chi connectivity index (χ2n) is 3.92. The Morgan fingerprint density at radius 3 is 2.05 bits per heavy atom. The zero-order chi connectivity index (χ0) is 16.1. The molecule has 0 aliphatic heterocycles.